The van der Waals surface area contributed by atoms with Crippen molar-refractivity contribution in [1.82, 2.24) is 4.98 Å². The van der Waals surface area contributed by atoms with Crippen molar-refractivity contribution in [2.45, 2.75) is 0 Å². The molecule has 16 heavy (non-hydrogen) atoms. The number of aromatic nitrogens is 1. The number of carboxylic acids is 2. The van der Waals surface area contributed by atoms with E-state index in [-0.39, 0.29) is 29.6 Å². The first-order valence-corrected chi connectivity index (χ1v) is 3.54. The summed E-state index contributed by atoms with van der Waals surface area (Å²) in [4.78, 5) is 33.7. The van der Waals surface area contributed by atoms with Crippen molar-refractivity contribution in [3.05, 3.63) is 33.6 Å². The van der Waals surface area contributed by atoms with Crippen LogP contribution >= 0.6 is 0 Å². The van der Waals surface area contributed by atoms with E-state index in [0.29, 0.717) is 12.3 Å². The Hall–Kier alpha value is -1.51. The zero-order valence-electron chi connectivity index (χ0n) is 7.08. The summed E-state index contributed by atoms with van der Waals surface area (Å²) in [5, 5.41) is 27.4. The number of rotatable bonds is 3. The van der Waals surface area contributed by atoms with Crippen LogP contribution < -0.4 is 0 Å². The Balaban J connectivity index is 0.00000225. The van der Waals surface area contributed by atoms with Crippen LogP contribution in [0, 0.1) is 10.1 Å². The number of carbonyl (C=O) groups is 2. The molecule has 0 aliphatic carbocycles. The van der Waals surface area contributed by atoms with Crippen LogP contribution in [0.5, 0.6) is 0 Å². The van der Waals surface area contributed by atoms with Crippen LogP contribution in [0.25, 0.3) is 0 Å². The van der Waals surface area contributed by atoms with E-state index in [1.54, 1.807) is 0 Å². The zero-order chi connectivity index (χ0) is 11.6. The third kappa shape index (κ3) is 2.99. The molecule has 0 bridgehead atoms. The second-order valence-corrected chi connectivity index (χ2v) is 2.46. The molecule has 0 fully saturated rings. The van der Waals surface area contributed by atoms with Gasteiger partial charge in [0.2, 0.25) is 0 Å². The number of aromatic carboxylic acids is 2. The molecule has 0 radical (unpaired) electrons. The van der Waals surface area contributed by atoms with Crippen molar-refractivity contribution >= 4 is 47.2 Å². The van der Waals surface area contributed by atoms with Gasteiger partial charge in [-0.3, -0.25) is 10.1 Å². The average molecular weight is 236 g/mol. The van der Waals surface area contributed by atoms with Crippen molar-refractivity contribution in [2.24, 2.45) is 0 Å². The van der Waals surface area contributed by atoms with E-state index < -0.39 is 33.8 Å². The summed E-state index contributed by atoms with van der Waals surface area (Å²) in [7, 11) is 0. The van der Waals surface area contributed by atoms with Gasteiger partial charge in [-0.15, -0.1) is 0 Å². The van der Waals surface area contributed by atoms with Gasteiger partial charge in [-0.1, -0.05) is 0 Å². The van der Waals surface area contributed by atoms with Gasteiger partial charge >= 0.3 is 41.5 Å². The molecule has 0 saturated heterocycles. The van der Waals surface area contributed by atoms with E-state index in [2.05, 4.69) is 4.98 Å². The molecule has 2 N–H and O–H groups in total. The normalized spacial score (nSPS) is 9.00. The third-order valence-electron chi connectivity index (χ3n) is 1.52. The Kier molecular flexibility index (Phi) is 5.02. The van der Waals surface area contributed by atoms with Crippen LogP contribution in [-0.2, 0) is 0 Å². The minimum atomic E-state index is -1.58. The predicted octanol–water partition coefficient (Wildman–Crippen LogP) is -0.262. The molecular weight excluding hydrogens is 231 g/mol. The van der Waals surface area contributed by atoms with E-state index in [0.717, 1.165) is 0 Å². The number of hydrogen-bond acceptors (Lipinski definition) is 5. The summed E-state index contributed by atoms with van der Waals surface area (Å²) in [6, 6.07) is 0.652. The molecule has 1 heterocycles. The first-order chi connectivity index (χ1) is 6.93. The molecule has 0 atom stereocenters. The summed E-state index contributed by atoms with van der Waals surface area (Å²) in [5.74, 6) is -3.13. The SMILES string of the molecule is O=C(O)c1cc([N+](=O)[O-])cnc1C(=O)O.[NaH]. The molecule has 0 aliphatic heterocycles. The number of pyridine rings is 1. The molecule has 8 nitrogen and oxygen atoms in total. The number of hydrogen-bond donors (Lipinski definition) is 2. The summed E-state index contributed by atoms with van der Waals surface area (Å²) < 4.78 is 0. The Morgan fingerprint density at radius 3 is 2.25 bits per heavy atom. The number of nitro groups is 1. The van der Waals surface area contributed by atoms with Crippen LogP contribution in [0.3, 0.4) is 0 Å². The molecule has 0 aromatic carbocycles. The fraction of sp³-hybridized carbons (Fsp3) is 0. The van der Waals surface area contributed by atoms with Gasteiger partial charge < -0.3 is 10.2 Å². The molecule has 0 spiro atoms. The van der Waals surface area contributed by atoms with Gasteiger partial charge in [-0.25, -0.2) is 14.6 Å². The Labute approximate surface area is 110 Å². The van der Waals surface area contributed by atoms with Gasteiger partial charge in [0.25, 0.3) is 5.69 Å². The zero-order valence-corrected chi connectivity index (χ0v) is 7.08. The second-order valence-electron chi connectivity index (χ2n) is 2.46. The molecule has 80 valence electrons. The molecule has 1 aromatic heterocycles. The summed E-state index contributed by atoms with van der Waals surface area (Å²) in [5.41, 5.74) is -2.01. The van der Waals surface area contributed by atoms with Crippen molar-refractivity contribution in [3.63, 3.8) is 0 Å². The van der Waals surface area contributed by atoms with Crippen molar-refractivity contribution < 1.29 is 24.7 Å². The second kappa shape index (κ2) is 5.54. The van der Waals surface area contributed by atoms with Crippen LogP contribution in [0.1, 0.15) is 20.8 Å². The van der Waals surface area contributed by atoms with Gasteiger partial charge in [-0.05, 0) is 0 Å². The molecule has 0 amide bonds. The maximum absolute atomic E-state index is 10.6. The van der Waals surface area contributed by atoms with Crippen LogP contribution in [0.4, 0.5) is 5.69 Å². The first-order valence-electron chi connectivity index (χ1n) is 3.54. The van der Waals surface area contributed by atoms with Crippen LogP contribution in [-0.4, -0.2) is 61.6 Å². The first kappa shape index (κ1) is 14.5. The average Bonchev–Trinajstić information content (AvgIpc) is 2.16. The Morgan fingerprint density at radius 1 is 1.31 bits per heavy atom. The van der Waals surface area contributed by atoms with E-state index in [4.69, 9.17) is 10.2 Å². The molecule has 0 unspecified atom stereocenters. The molecule has 0 aliphatic rings. The predicted molar refractivity (Wildman–Crippen MR) is 52.0 cm³/mol. The van der Waals surface area contributed by atoms with Gasteiger partial charge in [0.15, 0.2) is 5.69 Å². The van der Waals surface area contributed by atoms with Crippen molar-refractivity contribution in [2.75, 3.05) is 0 Å². The van der Waals surface area contributed by atoms with Crippen LogP contribution in [0.2, 0.25) is 0 Å². The Bertz CT molecular complexity index is 460. The fourth-order valence-electron chi connectivity index (χ4n) is 0.887. The topological polar surface area (TPSA) is 131 Å². The molecule has 9 heteroatoms. The van der Waals surface area contributed by atoms with E-state index in [1.165, 1.54) is 0 Å². The van der Waals surface area contributed by atoms with Crippen molar-refractivity contribution in [3.8, 4) is 0 Å². The third-order valence-corrected chi connectivity index (χ3v) is 1.52. The van der Waals surface area contributed by atoms with Crippen molar-refractivity contribution in [1.29, 1.82) is 0 Å². The Morgan fingerprint density at radius 2 is 1.88 bits per heavy atom. The summed E-state index contributed by atoms with van der Waals surface area (Å²) >= 11 is 0. The molecular formula is C7H5N2NaO6. The molecule has 1 rings (SSSR count). The van der Waals surface area contributed by atoms with Crippen LogP contribution in [0.15, 0.2) is 12.3 Å². The van der Waals surface area contributed by atoms with Gasteiger partial charge in [0, 0.05) is 6.07 Å². The summed E-state index contributed by atoms with van der Waals surface area (Å²) in [6.07, 6.45) is 0.690. The summed E-state index contributed by atoms with van der Waals surface area (Å²) in [6.45, 7) is 0. The maximum atomic E-state index is 10.6. The number of carboxylic acid groups (broad SMARTS) is 2. The monoisotopic (exact) mass is 236 g/mol. The number of nitrogens with zero attached hydrogens (tertiary/aromatic N) is 2. The molecule has 0 saturated carbocycles. The minimum absolute atomic E-state index is 0. The fourth-order valence-corrected chi connectivity index (χ4v) is 0.887. The van der Waals surface area contributed by atoms with E-state index in [9.17, 15) is 19.7 Å². The van der Waals surface area contributed by atoms with Gasteiger partial charge in [0.1, 0.15) is 6.20 Å². The standard InChI is InChI=1S/C7H4N2O6.Na.H/c10-6(11)4-1-3(9(14)15)2-8-5(4)7(12)13;;/h1-2H,(H,10,11)(H,12,13);;. The van der Waals surface area contributed by atoms with E-state index >= 15 is 0 Å². The van der Waals surface area contributed by atoms with Gasteiger partial charge in [0.05, 0.1) is 10.5 Å². The quantitative estimate of drug-likeness (QED) is 0.419. The van der Waals surface area contributed by atoms with Gasteiger partial charge in [-0.2, -0.15) is 0 Å². The molecule has 1 aromatic rings. The van der Waals surface area contributed by atoms with E-state index in [1.807, 2.05) is 0 Å².